The van der Waals surface area contributed by atoms with E-state index in [1.807, 2.05) is 6.92 Å². The van der Waals surface area contributed by atoms with Gasteiger partial charge in [0.15, 0.2) is 0 Å². The van der Waals surface area contributed by atoms with Gasteiger partial charge in [-0.3, -0.25) is 4.90 Å². The summed E-state index contributed by atoms with van der Waals surface area (Å²) in [7, 11) is -3.91. The van der Waals surface area contributed by atoms with Gasteiger partial charge in [0.2, 0.25) is 26.6 Å². The molecule has 1 aromatic heterocycles. The van der Waals surface area contributed by atoms with Crippen molar-refractivity contribution >= 4 is 15.7 Å². The Labute approximate surface area is 180 Å². The van der Waals surface area contributed by atoms with Gasteiger partial charge in [-0.05, 0) is 43.3 Å². The molecule has 3 aromatic rings. The average Bonchev–Trinajstić information content (AvgIpc) is 3.20. The number of rotatable bonds is 7. The number of ether oxygens (including phenoxy) is 1. The van der Waals surface area contributed by atoms with Crippen LogP contribution in [0.25, 0.3) is 11.5 Å². The number of aryl methyl sites for hydroxylation is 1. The highest BCUT2D eigenvalue weighted by molar-refractivity contribution is 7.91. The Kier molecular flexibility index (Phi) is 6.35. The van der Waals surface area contributed by atoms with E-state index < -0.39 is 15.7 Å². The lowest BCUT2D eigenvalue weighted by Crippen LogP contribution is -2.39. The Morgan fingerprint density at radius 3 is 2.42 bits per heavy atom. The summed E-state index contributed by atoms with van der Waals surface area (Å²) in [5.74, 6) is -0.209. The van der Waals surface area contributed by atoms with Crippen LogP contribution in [0.15, 0.2) is 62.9 Å². The highest BCUT2D eigenvalue weighted by atomic mass is 32.2. The quantitative estimate of drug-likeness (QED) is 0.597. The lowest BCUT2D eigenvalue weighted by atomic mass is 10.2. The van der Waals surface area contributed by atoms with Crippen LogP contribution < -0.4 is 5.32 Å². The Bertz CT molecular complexity index is 1120. The second-order valence-corrected chi connectivity index (χ2v) is 9.22. The van der Waals surface area contributed by atoms with Gasteiger partial charge in [0.05, 0.1) is 18.1 Å². The summed E-state index contributed by atoms with van der Waals surface area (Å²) < 4.78 is 51.0. The van der Waals surface area contributed by atoms with Gasteiger partial charge in [0, 0.05) is 31.7 Å². The molecule has 4 rings (SSSR count). The maximum Gasteiger partial charge on any atom is 0.233 e. The molecule has 0 spiro atoms. The average molecular weight is 446 g/mol. The molecule has 7 nitrogen and oxygen atoms in total. The molecule has 0 atom stereocenters. The van der Waals surface area contributed by atoms with Crippen LogP contribution in [-0.2, 0) is 14.6 Å². The summed E-state index contributed by atoms with van der Waals surface area (Å²) in [4.78, 5) is 6.63. The van der Waals surface area contributed by atoms with Gasteiger partial charge < -0.3 is 14.5 Å². The highest BCUT2D eigenvalue weighted by Gasteiger charge is 2.28. The third-order valence-corrected chi connectivity index (χ3v) is 6.77. The summed E-state index contributed by atoms with van der Waals surface area (Å²) in [6.07, 6.45) is 0. The first-order valence-electron chi connectivity index (χ1n) is 10.1. The number of oxazole rings is 1. The number of sulfone groups is 1. The molecular weight excluding hydrogens is 421 g/mol. The van der Waals surface area contributed by atoms with Gasteiger partial charge in [-0.1, -0.05) is 17.7 Å². The van der Waals surface area contributed by atoms with Gasteiger partial charge in [0.25, 0.3) is 0 Å². The summed E-state index contributed by atoms with van der Waals surface area (Å²) >= 11 is 0. The molecular formula is C22H24FN3O4S. The van der Waals surface area contributed by atoms with Crippen LogP contribution in [0.3, 0.4) is 0 Å². The van der Waals surface area contributed by atoms with E-state index in [2.05, 4.69) is 15.2 Å². The molecule has 1 aliphatic rings. The van der Waals surface area contributed by atoms with Crippen molar-refractivity contribution in [2.75, 3.05) is 44.7 Å². The number of nitrogens with zero attached hydrogens (tertiary/aromatic N) is 2. The molecule has 1 N–H and O–H groups in total. The van der Waals surface area contributed by atoms with Gasteiger partial charge in [-0.15, -0.1) is 0 Å². The SMILES string of the molecule is Cc1ccc(S(=O)(=O)c2nc(-c3ccc(F)cc3)oc2NCCN2CCOCC2)cc1. The van der Waals surface area contributed by atoms with Crippen molar-refractivity contribution in [1.29, 1.82) is 0 Å². The fourth-order valence-electron chi connectivity index (χ4n) is 3.30. The predicted molar refractivity (Wildman–Crippen MR) is 114 cm³/mol. The molecule has 0 unspecified atom stereocenters. The van der Waals surface area contributed by atoms with Gasteiger partial charge >= 0.3 is 0 Å². The van der Waals surface area contributed by atoms with Crippen LogP contribution in [-0.4, -0.2) is 57.7 Å². The number of benzene rings is 2. The third kappa shape index (κ3) is 4.95. The lowest BCUT2D eigenvalue weighted by molar-refractivity contribution is 0.0398. The second-order valence-electron chi connectivity index (χ2n) is 7.36. The smallest absolute Gasteiger partial charge is 0.233 e. The van der Waals surface area contributed by atoms with Crippen molar-refractivity contribution in [3.63, 3.8) is 0 Å². The Morgan fingerprint density at radius 1 is 1.06 bits per heavy atom. The van der Waals surface area contributed by atoms with E-state index in [0.717, 1.165) is 18.7 Å². The van der Waals surface area contributed by atoms with E-state index in [1.54, 1.807) is 24.3 Å². The first-order valence-corrected chi connectivity index (χ1v) is 11.5. The van der Waals surface area contributed by atoms with Crippen LogP contribution >= 0.6 is 0 Å². The minimum absolute atomic E-state index is 0.0770. The van der Waals surface area contributed by atoms with Crippen LogP contribution in [0.2, 0.25) is 0 Å². The van der Waals surface area contributed by atoms with Gasteiger partial charge in [-0.25, -0.2) is 12.8 Å². The molecule has 9 heteroatoms. The largest absolute Gasteiger partial charge is 0.419 e. The van der Waals surface area contributed by atoms with Gasteiger partial charge in [0.1, 0.15) is 5.82 Å². The van der Waals surface area contributed by atoms with Crippen LogP contribution in [0.4, 0.5) is 10.3 Å². The summed E-state index contributed by atoms with van der Waals surface area (Å²) in [5, 5.41) is 2.90. The Hall–Kier alpha value is -2.75. The summed E-state index contributed by atoms with van der Waals surface area (Å²) in [6, 6.07) is 12.1. The topological polar surface area (TPSA) is 84.7 Å². The van der Waals surface area contributed by atoms with E-state index in [4.69, 9.17) is 9.15 Å². The number of halogens is 1. The fraction of sp³-hybridized carbons (Fsp3) is 0.318. The number of anilines is 1. The highest BCUT2D eigenvalue weighted by Crippen LogP contribution is 2.32. The Morgan fingerprint density at radius 2 is 1.74 bits per heavy atom. The zero-order chi connectivity index (χ0) is 21.8. The van der Waals surface area contributed by atoms with Crippen molar-refractivity contribution in [2.24, 2.45) is 0 Å². The molecule has 0 amide bonds. The first kappa shape index (κ1) is 21.5. The monoisotopic (exact) mass is 445 g/mol. The van der Waals surface area contributed by atoms with Crippen molar-refractivity contribution in [3.05, 3.63) is 59.9 Å². The third-order valence-electron chi connectivity index (χ3n) is 5.09. The molecule has 1 saturated heterocycles. The van der Waals surface area contributed by atoms with E-state index in [0.29, 0.717) is 31.9 Å². The maximum absolute atomic E-state index is 13.3. The predicted octanol–water partition coefficient (Wildman–Crippen LogP) is 3.37. The second kappa shape index (κ2) is 9.17. The van der Waals surface area contributed by atoms with E-state index in [9.17, 15) is 12.8 Å². The molecule has 2 aromatic carbocycles. The molecule has 1 fully saturated rings. The van der Waals surface area contributed by atoms with Crippen LogP contribution in [0.1, 0.15) is 5.56 Å². The Balaban J connectivity index is 1.64. The molecule has 0 saturated carbocycles. The fourth-order valence-corrected chi connectivity index (χ4v) is 4.58. The minimum Gasteiger partial charge on any atom is -0.419 e. The number of nitrogens with one attached hydrogen (secondary N) is 1. The van der Waals surface area contributed by atoms with E-state index >= 15 is 0 Å². The normalized spacial score (nSPS) is 15.2. The van der Waals surface area contributed by atoms with Crippen LogP contribution in [0.5, 0.6) is 0 Å². The van der Waals surface area contributed by atoms with Crippen molar-refractivity contribution in [1.82, 2.24) is 9.88 Å². The number of aromatic nitrogens is 1. The molecule has 2 heterocycles. The minimum atomic E-state index is -3.91. The van der Waals surface area contributed by atoms with Crippen molar-refractivity contribution in [2.45, 2.75) is 16.8 Å². The lowest BCUT2D eigenvalue weighted by Gasteiger charge is -2.26. The standard InChI is InChI=1S/C22H24FN3O4S/c1-16-2-8-19(9-3-16)31(27,28)22-21(24-10-11-26-12-14-29-15-13-26)30-20(25-22)17-4-6-18(23)7-5-17/h2-9,24H,10-15H2,1H3. The van der Waals surface area contributed by atoms with E-state index in [1.165, 1.54) is 24.3 Å². The summed E-state index contributed by atoms with van der Waals surface area (Å²) in [5.41, 5.74) is 1.44. The molecule has 0 aliphatic carbocycles. The molecule has 0 bridgehead atoms. The van der Waals surface area contributed by atoms with Crippen LogP contribution in [0, 0.1) is 12.7 Å². The summed E-state index contributed by atoms with van der Waals surface area (Å²) in [6.45, 7) is 6.10. The maximum atomic E-state index is 13.3. The van der Waals surface area contributed by atoms with Gasteiger partial charge in [-0.2, -0.15) is 4.98 Å². The van der Waals surface area contributed by atoms with Crippen molar-refractivity contribution < 1.29 is 22.0 Å². The zero-order valence-electron chi connectivity index (χ0n) is 17.2. The molecule has 164 valence electrons. The molecule has 0 radical (unpaired) electrons. The number of hydrogen-bond acceptors (Lipinski definition) is 7. The number of hydrogen-bond donors (Lipinski definition) is 1. The van der Waals surface area contributed by atoms with E-state index in [-0.39, 0.29) is 21.7 Å². The number of morpholine rings is 1. The molecule has 1 aliphatic heterocycles. The molecule has 31 heavy (non-hydrogen) atoms. The first-order chi connectivity index (χ1) is 14.9. The van der Waals surface area contributed by atoms with Crippen molar-refractivity contribution in [3.8, 4) is 11.5 Å². The zero-order valence-corrected chi connectivity index (χ0v) is 18.0.